The van der Waals surface area contributed by atoms with Crippen LogP contribution in [-0.2, 0) is 9.90 Å². The first-order valence-corrected chi connectivity index (χ1v) is 2.51. The van der Waals surface area contributed by atoms with Crippen molar-refractivity contribution in [3.63, 3.8) is 0 Å². The van der Waals surface area contributed by atoms with Gasteiger partial charge in [-0.1, -0.05) is 0 Å². The molecule has 0 saturated carbocycles. The highest BCUT2D eigenvalue weighted by atomic mass is 16.4. The average molecular weight is 117 g/mol. The topological polar surface area (TPSA) is 57.2 Å². The van der Waals surface area contributed by atoms with Crippen LogP contribution in [0, 0.1) is 0 Å². The number of rotatable bonds is 3. The third-order valence-electron chi connectivity index (χ3n) is 0.766. The molecule has 0 heterocycles. The van der Waals surface area contributed by atoms with Gasteiger partial charge in [0.2, 0.25) is 0 Å². The van der Waals surface area contributed by atoms with Gasteiger partial charge in [0.05, 0.1) is 12.5 Å². The molecule has 0 fully saturated rings. The van der Waals surface area contributed by atoms with E-state index in [-0.39, 0.29) is 12.8 Å². The van der Waals surface area contributed by atoms with Crippen molar-refractivity contribution in [2.24, 2.45) is 0 Å². The smallest absolute Gasteiger partial charge is 0.355 e. The van der Waals surface area contributed by atoms with Crippen LogP contribution in [0.3, 0.4) is 0 Å². The zero-order valence-corrected chi connectivity index (χ0v) is 4.76. The molecule has 0 rings (SSSR count). The van der Waals surface area contributed by atoms with Gasteiger partial charge in [0.1, 0.15) is 0 Å². The summed E-state index contributed by atoms with van der Waals surface area (Å²) in [6, 6.07) is 0. The molecule has 8 heavy (non-hydrogen) atoms. The van der Waals surface area contributed by atoms with Crippen LogP contribution in [0.2, 0.25) is 0 Å². The van der Waals surface area contributed by atoms with Gasteiger partial charge < -0.3 is 5.11 Å². The lowest BCUT2D eigenvalue weighted by atomic mass is 10.2. The minimum Gasteiger partial charge on any atom is -0.393 e. The van der Waals surface area contributed by atoms with Crippen molar-refractivity contribution in [3.8, 4) is 0 Å². The molecule has 0 aromatic rings. The molecule has 1 unspecified atom stereocenters. The molecular weight excluding hydrogens is 108 g/mol. The number of aliphatic hydroxyl groups excluding tert-OH is 1. The molecule has 0 aliphatic rings. The number of hydrogen-bond donors (Lipinski definition) is 1. The van der Waals surface area contributed by atoms with Crippen molar-refractivity contribution < 1.29 is 15.0 Å². The summed E-state index contributed by atoms with van der Waals surface area (Å²) < 4.78 is 0. The Labute approximate surface area is 47.9 Å². The van der Waals surface area contributed by atoms with Crippen LogP contribution in [0.1, 0.15) is 19.8 Å². The SMILES string of the molecule is CC(O)CCC([O])=O. The number of hydrogen-bond acceptors (Lipinski definition) is 2. The van der Waals surface area contributed by atoms with E-state index < -0.39 is 12.1 Å². The van der Waals surface area contributed by atoms with E-state index >= 15 is 0 Å². The van der Waals surface area contributed by atoms with E-state index in [4.69, 9.17) is 5.11 Å². The maximum absolute atomic E-state index is 9.68. The van der Waals surface area contributed by atoms with Crippen LogP contribution in [0.4, 0.5) is 0 Å². The summed E-state index contributed by atoms with van der Waals surface area (Å²) in [7, 11) is 0. The Kier molecular flexibility index (Phi) is 3.19. The number of carbonyl (C=O) groups excluding carboxylic acids is 1. The van der Waals surface area contributed by atoms with E-state index in [9.17, 15) is 9.90 Å². The van der Waals surface area contributed by atoms with Crippen molar-refractivity contribution in [2.75, 3.05) is 0 Å². The van der Waals surface area contributed by atoms with E-state index in [0.717, 1.165) is 0 Å². The Hall–Kier alpha value is -0.570. The largest absolute Gasteiger partial charge is 0.393 e. The van der Waals surface area contributed by atoms with Crippen molar-refractivity contribution >= 4 is 5.97 Å². The molecule has 0 aliphatic carbocycles. The molecule has 0 spiro atoms. The molecule has 0 saturated heterocycles. The fourth-order valence-electron chi connectivity index (χ4n) is 0.327. The van der Waals surface area contributed by atoms with E-state index in [2.05, 4.69) is 0 Å². The molecule has 0 bridgehead atoms. The first-order chi connectivity index (χ1) is 3.63. The molecule has 0 aromatic carbocycles. The zero-order valence-electron chi connectivity index (χ0n) is 4.76. The number of carbonyl (C=O) groups is 1. The summed E-state index contributed by atoms with van der Waals surface area (Å²) in [6.07, 6.45) is -0.312. The lowest BCUT2D eigenvalue weighted by Crippen LogP contribution is -2.02. The molecule has 0 aliphatic heterocycles. The zero-order chi connectivity index (χ0) is 6.57. The van der Waals surface area contributed by atoms with Gasteiger partial charge in [-0.2, -0.15) is 0 Å². The molecule has 3 heteroatoms. The Balaban J connectivity index is 3.05. The molecule has 1 N–H and O–H groups in total. The molecular formula is C5H9O3. The van der Waals surface area contributed by atoms with Gasteiger partial charge in [-0.25, -0.2) is 9.90 Å². The average Bonchev–Trinajstić information content (AvgIpc) is 1.61. The van der Waals surface area contributed by atoms with E-state index in [1.54, 1.807) is 6.92 Å². The second kappa shape index (κ2) is 3.43. The lowest BCUT2D eigenvalue weighted by molar-refractivity contribution is -0.143. The third-order valence-corrected chi connectivity index (χ3v) is 0.766. The van der Waals surface area contributed by atoms with Crippen LogP contribution < -0.4 is 0 Å². The van der Waals surface area contributed by atoms with Crippen molar-refractivity contribution in [1.82, 2.24) is 0 Å². The summed E-state index contributed by atoms with van der Waals surface area (Å²) in [5, 5.41) is 18.2. The molecule has 1 radical (unpaired) electrons. The second-order valence-corrected chi connectivity index (χ2v) is 1.76. The third kappa shape index (κ3) is 5.43. The van der Waals surface area contributed by atoms with Gasteiger partial charge >= 0.3 is 5.97 Å². The van der Waals surface area contributed by atoms with Gasteiger partial charge in [0, 0.05) is 0 Å². The summed E-state index contributed by atoms with van der Waals surface area (Å²) in [5.41, 5.74) is 0. The maximum Gasteiger partial charge on any atom is 0.355 e. The standard InChI is InChI=1S/C5H9O3/c1-4(6)2-3-5(7)8/h4,6H,2-3H2,1H3. The fourth-order valence-corrected chi connectivity index (χ4v) is 0.327. The Morgan fingerprint density at radius 2 is 2.25 bits per heavy atom. The van der Waals surface area contributed by atoms with Crippen LogP contribution in [0.25, 0.3) is 0 Å². The van der Waals surface area contributed by atoms with Crippen molar-refractivity contribution in [2.45, 2.75) is 25.9 Å². The first kappa shape index (κ1) is 7.43. The highest BCUT2D eigenvalue weighted by Gasteiger charge is 2.01. The van der Waals surface area contributed by atoms with Crippen LogP contribution in [-0.4, -0.2) is 17.2 Å². The minimum atomic E-state index is -1.11. The van der Waals surface area contributed by atoms with E-state index in [0.29, 0.717) is 0 Å². The summed E-state index contributed by atoms with van der Waals surface area (Å²) in [6.45, 7) is 1.54. The molecule has 3 nitrogen and oxygen atoms in total. The van der Waals surface area contributed by atoms with Crippen molar-refractivity contribution in [3.05, 3.63) is 0 Å². The Morgan fingerprint density at radius 3 is 2.38 bits per heavy atom. The van der Waals surface area contributed by atoms with Gasteiger partial charge in [0.25, 0.3) is 0 Å². The highest BCUT2D eigenvalue weighted by Crippen LogP contribution is 1.93. The van der Waals surface area contributed by atoms with Gasteiger partial charge in [0.15, 0.2) is 0 Å². The summed E-state index contributed by atoms with van der Waals surface area (Å²) in [4.78, 5) is 9.68. The molecule has 0 amide bonds. The van der Waals surface area contributed by atoms with Gasteiger partial charge in [-0.15, -0.1) is 0 Å². The normalized spacial score (nSPS) is 13.2. The first-order valence-electron chi connectivity index (χ1n) is 2.51. The minimum absolute atomic E-state index is 0.0579. The Morgan fingerprint density at radius 1 is 1.75 bits per heavy atom. The highest BCUT2D eigenvalue weighted by molar-refractivity contribution is 5.66. The monoisotopic (exact) mass is 117 g/mol. The van der Waals surface area contributed by atoms with Crippen LogP contribution in [0.15, 0.2) is 0 Å². The van der Waals surface area contributed by atoms with E-state index in [1.807, 2.05) is 0 Å². The van der Waals surface area contributed by atoms with Gasteiger partial charge in [-0.05, 0) is 13.3 Å². The second-order valence-electron chi connectivity index (χ2n) is 1.76. The lowest BCUT2D eigenvalue weighted by Gasteiger charge is -1.96. The van der Waals surface area contributed by atoms with Gasteiger partial charge in [-0.3, -0.25) is 0 Å². The summed E-state index contributed by atoms with van der Waals surface area (Å²) in [5.74, 6) is -1.11. The molecule has 47 valence electrons. The predicted octanol–water partition coefficient (Wildman–Crippen LogP) is 0.104. The fraction of sp³-hybridized carbons (Fsp3) is 0.800. The van der Waals surface area contributed by atoms with Crippen LogP contribution in [0.5, 0.6) is 0 Å². The maximum atomic E-state index is 9.68. The summed E-state index contributed by atoms with van der Waals surface area (Å²) >= 11 is 0. The number of aliphatic hydroxyl groups is 1. The van der Waals surface area contributed by atoms with Crippen LogP contribution >= 0.6 is 0 Å². The Bertz CT molecular complexity index is 77.7. The molecule has 1 atom stereocenters. The van der Waals surface area contributed by atoms with E-state index in [1.165, 1.54) is 0 Å². The van der Waals surface area contributed by atoms with Crippen molar-refractivity contribution in [1.29, 1.82) is 0 Å². The quantitative estimate of drug-likeness (QED) is 0.570. The molecule has 0 aromatic heterocycles. The predicted molar refractivity (Wildman–Crippen MR) is 26.6 cm³/mol.